The summed E-state index contributed by atoms with van der Waals surface area (Å²) in [4.78, 5) is 26.6. The van der Waals surface area contributed by atoms with Gasteiger partial charge in [0.1, 0.15) is 30.0 Å². The minimum absolute atomic E-state index is 0.0183. The smallest absolute Gasteiger partial charge is 0.249 e. The van der Waals surface area contributed by atoms with Crippen LogP contribution >= 0.6 is 0 Å². The number of halogens is 1. The highest BCUT2D eigenvalue weighted by atomic mass is 19.1. The Hall–Kier alpha value is -3.13. The van der Waals surface area contributed by atoms with Crippen molar-refractivity contribution in [3.8, 4) is 11.5 Å². The molecule has 1 fully saturated rings. The van der Waals surface area contributed by atoms with Gasteiger partial charge in [-0.2, -0.15) is 0 Å². The summed E-state index contributed by atoms with van der Waals surface area (Å²) >= 11 is 0. The molecular formula is C20H21FN2O5. The highest BCUT2D eigenvalue weighted by molar-refractivity contribution is 5.98. The average molecular weight is 388 g/mol. The van der Waals surface area contributed by atoms with E-state index in [1.165, 1.54) is 30.2 Å². The molecule has 0 spiro atoms. The SMILES string of the molecule is COc1ccc(CN2C(=O)COC[C@H]2C(=O)Nc2ccccc2F)c(OC)c1. The van der Waals surface area contributed by atoms with Gasteiger partial charge in [-0.15, -0.1) is 0 Å². The first-order chi connectivity index (χ1) is 13.5. The van der Waals surface area contributed by atoms with E-state index in [-0.39, 0.29) is 31.4 Å². The van der Waals surface area contributed by atoms with Crippen LogP contribution in [-0.2, 0) is 20.9 Å². The fraction of sp³-hybridized carbons (Fsp3) is 0.300. The van der Waals surface area contributed by atoms with Gasteiger partial charge in [0.05, 0.1) is 33.1 Å². The number of para-hydroxylation sites is 1. The number of nitrogens with zero attached hydrogens (tertiary/aromatic N) is 1. The molecule has 0 bridgehead atoms. The maximum absolute atomic E-state index is 13.9. The summed E-state index contributed by atoms with van der Waals surface area (Å²) < 4.78 is 29.7. The van der Waals surface area contributed by atoms with Crippen LogP contribution in [-0.4, -0.2) is 50.2 Å². The number of benzene rings is 2. The van der Waals surface area contributed by atoms with Gasteiger partial charge in [0.2, 0.25) is 11.8 Å². The summed E-state index contributed by atoms with van der Waals surface area (Å²) in [5.74, 6) is -0.264. The van der Waals surface area contributed by atoms with Gasteiger partial charge < -0.3 is 24.4 Å². The zero-order valence-electron chi connectivity index (χ0n) is 15.6. The summed E-state index contributed by atoms with van der Waals surface area (Å²) in [6.07, 6.45) is 0. The van der Waals surface area contributed by atoms with E-state index in [9.17, 15) is 14.0 Å². The molecule has 2 aromatic carbocycles. The van der Waals surface area contributed by atoms with Crippen molar-refractivity contribution in [1.29, 1.82) is 0 Å². The molecule has 0 aromatic heterocycles. The van der Waals surface area contributed by atoms with Gasteiger partial charge in [0.25, 0.3) is 0 Å². The number of carbonyl (C=O) groups excluding carboxylic acids is 2. The van der Waals surface area contributed by atoms with Crippen LogP contribution in [0.4, 0.5) is 10.1 Å². The molecule has 1 heterocycles. The van der Waals surface area contributed by atoms with Gasteiger partial charge >= 0.3 is 0 Å². The maximum atomic E-state index is 13.9. The number of carbonyl (C=O) groups is 2. The largest absolute Gasteiger partial charge is 0.497 e. The number of morpholine rings is 1. The molecule has 1 N–H and O–H groups in total. The fourth-order valence-electron chi connectivity index (χ4n) is 2.96. The highest BCUT2D eigenvalue weighted by Crippen LogP contribution is 2.27. The second-order valence-electron chi connectivity index (χ2n) is 6.20. The van der Waals surface area contributed by atoms with E-state index in [2.05, 4.69) is 5.32 Å². The van der Waals surface area contributed by atoms with Crippen molar-refractivity contribution < 1.29 is 28.2 Å². The monoisotopic (exact) mass is 388 g/mol. The van der Waals surface area contributed by atoms with Crippen LogP contribution in [0.5, 0.6) is 11.5 Å². The minimum Gasteiger partial charge on any atom is -0.497 e. The van der Waals surface area contributed by atoms with Crippen LogP contribution in [0, 0.1) is 5.82 Å². The van der Waals surface area contributed by atoms with Crippen molar-refractivity contribution >= 4 is 17.5 Å². The zero-order chi connectivity index (χ0) is 20.1. The molecule has 0 unspecified atom stereocenters. The minimum atomic E-state index is -0.896. The highest BCUT2D eigenvalue weighted by Gasteiger charge is 2.35. The summed E-state index contributed by atoms with van der Waals surface area (Å²) in [5.41, 5.74) is 0.759. The van der Waals surface area contributed by atoms with Gasteiger partial charge in [0.15, 0.2) is 0 Å². The molecule has 0 radical (unpaired) electrons. The molecule has 1 aliphatic heterocycles. The second kappa shape index (κ2) is 8.71. The first kappa shape index (κ1) is 19.6. The van der Waals surface area contributed by atoms with Crippen LogP contribution in [0.25, 0.3) is 0 Å². The Morgan fingerprint density at radius 1 is 1.25 bits per heavy atom. The number of nitrogens with one attached hydrogen (secondary N) is 1. The molecule has 3 rings (SSSR count). The van der Waals surface area contributed by atoms with Crippen molar-refractivity contribution in [1.82, 2.24) is 4.90 Å². The van der Waals surface area contributed by atoms with Crippen LogP contribution in [0.15, 0.2) is 42.5 Å². The number of anilines is 1. The molecular weight excluding hydrogens is 367 g/mol. The standard InChI is InChI=1S/C20H21FN2O5/c1-26-14-8-7-13(18(9-14)27-2)10-23-17(11-28-12-19(23)24)20(25)22-16-6-4-3-5-15(16)21/h3-9,17H,10-12H2,1-2H3,(H,22,25)/t17-/m0/s1. The predicted octanol–water partition coefficient (Wildman–Crippen LogP) is 2.21. The van der Waals surface area contributed by atoms with E-state index in [1.807, 2.05) is 0 Å². The van der Waals surface area contributed by atoms with Crippen molar-refractivity contribution in [3.63, 3.8) is 0 Å². The maximum Gasteiger partial charge on any atom is 0.249 e. The summed E-state index contributed by atoms with van der Waals surface area (Å²) in [6.45, 7) is 0.0389. The predicted molar refractivity (Wildman–Crippen MR) is 99.7 cm³/mol. The van der Waals surface area contributed by atoms with E-state index in [0.717, 1.165) is 0 Å². The Morgan fingerprint density at radius 2 is 2.04 bits per heavy atom. The molecule has 7 nitrogen and oxygen atoms in total. The van der Waals surface area contributed by atoms with Crippen molar-refractivity contribution in [2.75, 3.05) is 32.8 Å². The number of hydrogen-bond acceptors (Lipinski definition) is 5. The van der Waals surface area contributed by atoms with E-state index in [4.69, 9.17) is 14.2 Å². The Morgan fingerprint density at radius 3 is 2.75 bits per heavy atom. The third-order valence-corrected chi connectivity index (χ3v) is 4.47. The molecule has 1 aliphatic rings. The number of methoxy groups -OCH3 is 2. The van der Waals surface area contributed by atoms with E-state index < -0.39 is 17.8 Å². The Bertz CT molecular complexity index is 873. The molecule has 148 valence electrons. The third-order valence-electron chi connectivity index (χ3n) is 4.47. The quantitative estimate of drug-likeness (QED) is 0.821. The van der Waals surface area contributed by atoms with Gasteiger partial charge in [-0.05, 0) is 24.3 Å². The van der Waals surface area contributed by atoms with Crippen molar-refractivity contribution in [2.45, 2.75) is 12.6 Å². The summed E-state index contributed by atoms with van der Waals surface area (Å²) in [5, 5.41) is 2.52. The molecule has 8 heteroatoms. The summed E-state index contributed by atoms with van der Waals surface area (Å²) in [7, 11) is 3.06. The lowest BCUT2D eigenvalue weighted by atomic mass is 10.1. The van der Waals surface area contributed by atoms with Gasteiger partial charge in [0, 0.05) is 11.6 Å². The molecule has 1 saturated heterocycles. The van der Waals surface area contributed by atoms with Crippen LogP contribution in [0.3, 0.4) is 0 Å². The van der Waals surface area contributed by atoms with Gasteiger partial charge in [-0.25, -0.2) is 4.39 Å². The Kier molecular flexibility index (Phi) is 6.10. The second-order valence-corrected chi connectivity index (χ2v) is 6.20. The van der Waals surface area contributed by atoms with E-state index in [0.29, 0.717) is 17.1 Å². The molecule has 28 heavy (non-hydrogen) atoms. The molecule has 2 amide bonds. The van der Waals surface area contributed by atoms with Gasteiger partial charge in [-0.1, -0.05) is 12.1 Å². The number of hydrogen-bond donors (Lipinski definition) is 1. The van der Waals surface area contributed by atoms with E-state index >= 15 is 0 Å². The normalized spacial score (nSPS) is 16.6. The first-order valence-electron chi connectivity index (χ1n) is 8.67. The third kappa shape index (κ3) is 4.23. The lowest BCUT2D eigenvalue weighted by Crippen LogP contribution is -2.54. The molecule has 1 atom stereocenters. The molecule has 0 saturated carbocycles. The molecule has 0 aliphatic carbocycles. The lowest BCUT2D eigenvalue weighted by molar-refractivity contribution is -0.154. The topological polar surface area (TPSA) is 77.1 Å². The number of amides is 2. The summed E-state index contributed by atoms with van der Waals surface area (Å²) in [6, 6.07) is 10.2. The van der Waals surface area contributed by atoms with Crippen LogP contribution < -0.4 is 14.8 Å². The van der Waals surface area contributed by atoms with Crippen LogP contribution in [0.1, 0.15) is 5.56 Å². The van der Waals surface area contributed by atoms with Gasteiger partial charge in [-0.3, -0.25) is 9.59 Å². The van der Waals surface area contributed by atoms with Crippen molar-refractivity contribution in [2.24, 2.45) is 0 Å². The molecule has 2 aromatic rings. The number of ether oxygens (including phenoxy) is 3. The van der Waals surface area contributed by atoms with E-state index in [1.54, 1.807) is 31.4 Å². The zero-order valence-corrected chi connectivity index (χ0v) is 15.6. The number of rotatable bonds is 6. The Labute approximate surface area is 162 Å². The lowest BCUT2D eigenvalue weighted by Gasteiger charge is -2.34. The fourth-order valence-corrected chi connectivity index (χ4v) is 2.96. The van der Waals surface area contributed by atoms with Crippen LogP contribution in [0.2, 0.25) is 0 Å². The first-order valence-corrected chi connectivity index (χ1v) is 8.67. The Balaban J connectivity index is 1.82. The average Bonchev–Trinajstić information content (AvgIpc) is 2.71. The van der Waals surface area contributed by atoms with Crippen molar-refractivity contribution in [3.05, 3.63) is 53.8 Å².